The van der Waals surface area contributed by atoms with E-state index in [4.69, 9.17) is 16.6 Å². The predicted molar refractivity (Wildman–Crippen MR) is 52.8 cm³/mol. The van der Waals surface area contributed by atoms with Crippen molar-refractivity contribution in [3.63, 3.8) is 0 Å². The number of rotatable bonds is 1. The minimum absolute atomic E-state index is 0.188. The number of hydrogen-bond acceptors (Lipinski definition) is 2. The van der Waals surface area contributed by atoms with Crippen molar-refractivity contribution in [1.29, 1.82) is 10.8 Å². The van der Waals surface area contributed by atoms with E-state index in [9.17, 15) is 8.78 Å². The lowest BCUT2D eigenvalue weighted by atomic mass is 10.3. The first-order chi connectivity index (χ1) is 6.99. The monoisotopic (exact) mass is 213 g/mol. The van der Waals surface area contributed by atoms with Gasteiger partial charge in [-0.25, -0.2) is 8.78 Å². The molecular weight excluding hydrogens is 204 g/mol. The largest absolute Gasteiger partial charge is 0.370 e. The third-order valence-corrected chi connectivity index (χ3v) is 1.45. The summed E-state index contributed by atoms with van der Waals surface area (Å²) in [6.45, 7) is 0. The Balaban J connectivity index is 2.69. The van der Waals surface area contributed by atoms with Gasteiger partial charge in [0, 0.05) is 11.8 Å². The number of nitrogens with two attached hydrogens (primary N) is 1. The lowest BCUT2D eigenvalue weighted by Gasteiger charge is -2.08. The van der Waals surface area contributed by atoms with E-state index in [0.29, 0.717) is 0 Å². The number of anilines is 1. The maximum absolute atomic E-state index is 12.7. The molecule has 1 aromatic carbocycles. The van der Waals surface area contributed by atoms with Gasteiger partial charge in [-0.05, 0) is 12.1 Å². The van der Waals surface area contributed by atoms with E-state index in [0.717, 1.165) is 12.1 Å². The van der Waals surface area contributed by atoms with E-state index in [-0.39, 0.29) is 11.6 Å². The van der Waals surface area contributed by atoms with Crippen LogP contribution in [-0.4, -0.2) is 11.9 Å². The average molecular weight is 213 g/mol. The Hall–Kier alpha value is -2.18. The van der Waals surface area contributed by atoms with E-state index < -0.39 is 17.6 Å². The molecule has 0 amide bonds. The van der Waals surface area contributed by atoms with E-state index in [1.807, 2.05) is 0 Å². The Labute approximate surface area is 84.3 Å². The van der Waals surface area contributed by atoms with Crippen LogP contribution in [0.25, 0.3) is 0 Å². The van der Waals surface area contributed by atoms with Crippen molar-refractivity contribution in [2.75, 3.05) is 5.32 Å². The molecular formula is C8H9F2N5. The first-order valence-electron chi connectivity index (χ1n) is 3.90. The van der Waals surface area contributed by atoms with Crippen molar-refractivity contribution in [1.82, 2.24) is 5.32 Å². The normalized spacial score (nSPS) is 9.47. The lowest BCUT2D eigenvalue weighted by molar-refractivity contribution is 0.509. The van der Waals surface area contributed by atoms with Gasteiger partial charge in [0.1, 0.15) is 0 Å². The Morgan fingerprint density at radius 3 is 2.40 bits per heavy atom. The van der Waals surface area contributed by atoms with E-state index in [1.54, 1.807) is 0 Å². The zero-order valence-electron chi connectivity index (χ0n) is 7.57. The minimum atomic E-state index is -1.02. The molecule has 0 bridgehead atoms. The van der Waals surface area contributed by atoms with Crippen LogP contribution in [0.3, 0.4) is 0 Å². The molecule has 0 aliphatic carbocycles. The molecule has 7 heteroatoms. The van der Waals surface area contributed by atoms with Gasteiger partial charge in [-0.2, -0.15) is 0 Å². The summed E-state index contributed by atoms with van der Waals surface area (Å²) in [6.07, 6.45) is 0. The van der Waals surface area contributed by atoms with Gasteiger partial charge in [0.05, 0.1) is 0 Å². The third-order valence-electron chi connectivity index (χ3n) is 1.45. The van der Waals surface area contributed by atoms with Gasteiger partial charge < -0.3 is 11.1 Å². The average Bonchev–Trinajstić information content (AvgIpc) is 2.10. The maximum Gasteiger partial charge on any atom is 0.199 e. The fourth-order valence-electron chi connectivity index (χ4n) is 0.884. The molecule has 0 radical (unpaired) electrons. The van der Waals surface area contributed by atoms with Crippen molar-refractivity contribution < 1.29 is 8.78 Å². The molecule has 1 aromatic rings. The fourth-order valence-corrected chi connectivity index (χ4v) is 0.884. The first-order valence-corrected chi connectivity index (χ1v) is 3.90. The molecule has 0 fully saturated rings. The van der Waals surface area contributed by atoms with Gasteiger partial charge in [-0.3, -0.25) is 16.1 Å². The summed E-state index contributed by atoms with van der Waals surface area (Å²) >= 11 is 0. The van der Waals surface area contributed by atoms with Crippen molar-refractivity contribution in [3.8, 4) is 0 Å². The molecule has 80 valence electrons. The highest BCUT2D eigenvalue weighted by Gasteiger charge is 2.03. The predicted octanol–water partition coefficient (Wildman–Crippen LogP) is 0.795. The molecule has 0 heterocycles. The molecule has 0 unspecified atom stereocenters. The second-order valence-electron chi connectivity index (χ2n) is 2.67. The zero-order valence-corrected chi connectivity index (χ0v) is 7.57. The summed E-state index contributed by atoms with van der Waals surface area (Å²) in [6, 6.07) is 3.08. The van der Waals surface area contributed by atoms with Crippen molar-refractivity contribution in [2.24, 2.45) is 5.73 Å². The van der Waals surface area contributed by atoms with Gasteiger partial charge >= 0.3 is 0 Å². The van der Waals surface area contributed by atoms with Gasteiger partial charge in [0.2, 0.25) is 0 Å². The second-order valence-corrected chi connectivity index (χ2v) is 2.67. The van der Waals surface area contributed by atoms with Crippen LogP contribution in [-0.2, 0) is 0 Å². The van der Waals surface area contributed by atoms with Crippen LogP contribution in [0.4, 0.5) is 14.5 Å². The Kier molecular flexibility index (Phi) is 3.17. The van der Waals surface area contributed by atoms with E-state index in [2.05, 4.69) is 10.6 Å². The number of nitrogens with one attached hydrogen (secondary N) is 4. The van der Waals surface area contributed by atoms with Crippen LogP contribution < -0.4 is 16.4 Å². The molecule has 0 spiro atoms. The van der Waals surface area contributed by atoms with Gasteiger partial charge in [-0.15, -0.1) is 0 Å². The summed E-state index contributed by atoms with van der Waals surface area (Å²) in [7, 11) is 0. The molecule has 0 aliphatic rings. The summed E-state index contributed by atoms with van der Waals surface area (Å²) in [5, 5.41) is 18.6. The van der Waals surface area contributed by atoms with Gasteiger partial charge in [0.25, 0.3) is 0 Å². The third kappa shape index (κ3) is 3.22. The minimum Gasteiger partial charge on any atom is -0.370 e. The van der Waals surface area contributed by atoms with Crippen LogP contribution >= 0.6 is 0 Å². The summed E-state index contributed by atoms with van der Waals surface area (Å²) in [5.41, 5.74) is 5.15. The summed E-state index contributed by atoms with van der Waals surface area (Å²) in [5.74, 6) is -2.70. The molecule has 0 saturated carbocycles. The smallest absolute Gasteiger partial charge is 0.199 e. The molecule has 1 rings (SSSR count). The highest BCUT2D eigenvalue weighted by molar-refractivity contribution is 6.02. The highest BCUT2D eigenvalue weighted by Crippen LogP contribution is 2.12. The molecule has 0 aromatic heterocycles. The van der Waals surface area contributed by atoms with E-state index in [1.165, 1.54) is 6.07 Å². The number of benzene rings is 1. The molecule has 0 saturated heterocycles. The summed E-state index contributed by atoms with van der Waals surface area (Å²) < 4.78 is 25.2. The Morgan fingerprint density at radius 1 is 1.20 bits per heavy atom. The zero-order chi connectivity index (χ0) is 11.4. The summed E-state index contributed by atoms with van der Waals surface area (Å²) in [4.78, 5) is 0. The molecule has 0 aliphatic heterocycles. The first kappa shape index (κ1) is 10.9. The quantitative estimate of drug-likeness (QED) is 0.352. The highest BCUT2D eigenvalue weighted by atomic mass is 19.2. The lowest BCUT2D eigenvalue weighted by Crippen LogP contribution is -2.39. The SMILES string of the molecule is N=C(N)NC(=N)Nc1ccc(F)c(F)c1. The Morgan fingerprint density at radius 2 is 1.87 bits per heavy atom. The fraction of sp³-hybridized carbons (Fsp3) is 0. The Bertz CT molecular complexity index is 404. The maximum atomic E-state index is 12.7. The van der Waals surface area contributed by atoms with Gasteiger partial charge in [0.15, 0.2) is 23.6 Å². The van der Waals surface area contributed by atoms with E-state index >= 15 is 0 Å². The topological polar surface area (TPSA) is 97.8 Å². The van der Waals surface area contributed by atoms with Crippen LogP contribution in [0, 0.1) is 22.5 Å². The van der Waals surface area contributed by atoms with Crippen molar-refractivity contribution >= 4 is 17.6 Å². The van der Waals surface area contributed by atoms with Crippen LogP contribution in [0.15, 0.2) is 18.2 Å². The molecule has 5 nitrogen and oxygen atoms in total. The van der Waals surface area contributed by atoms with Crippen LogP contribution in [0.2, 0.25) is 0 Å². The molecule has 15 heavy (non-hydrogen) atoms. The standard InChI is InChI=1S/C8H9F2N5/c9-5-2-1-4(3-6(5)10)14-8(13)15-7(11)12/h1-3H,(H6,11,12,13,14,15). The second kappa shape index (κ2) is 4.36. The van der Waals surface area contributed by atoms with Crippen LogP contribution in [0.5, 0.6) is 0 Å². The molecule has 6 N–H and O–H groups in total. The van der Waals surface area contributed by atoms with Crippen molar-refractivity contribution in [2.45, 2.75) is 0 Å². The number of halogens is 2. The van der Waals surface area contributed by atoms with Gasteiger partial charge in [-0.1, -0.05) is 0 Å². The number of guanidine groups is 2. The van der Waals surface area contributed by atoms with Crippen LogP contribution in [0.1, 0.15) is 0 Å². The van der Waals surface area contributed by atoms with Crippen molar-refractivity contribution in [3.05, 3.63) is 29.8 Å². The molecule has 0 atom stereocenters. The number of hydrogen-bond donors (Lipinski definition) is 5.